The quantitative estimate of drug-likeness (QED) is 0.474. The largest absolute Gasteiger partial charge is 0.388 e. The molecule has 2 bridgehead atoms. The minimum absolute atomic E-state index is 0.0602. The van der Waals surface area contributed by atoms with Gasteiger partial charge in [-0.25, -0.2) is 0 Å². The van der Waals surface area contributed by atoms with Gasteiger partial charge in [0, 0.05) is 12.5 Å². The van der Waals surface area contributed by atoms with E-state index < -0.39 is 11.7 Å². The van der Waals surface area contributed by atoms with E-state index in [1.54, 1.807) is 0 Å². The SMILES string of the molecule is [B][C@@H]1O[C@@]2(CC)CN[C@@H]1[C@@H]2O. The Hall–Kier alpha value is -0.0551. The second kappa shape index (κ2) is 2.22. The van der Waals surface area contributed by atoms with Crippen molar-refractivity contribution in [1.29, 1.82) is 0 Å². The highest BCUT2D eigenvalue weighted by Crippen LogP contribution is 2.37. The summed E-state index contributed by atoms with van der Waals surface area (Å²) >= 11 is 0. The molecule has 0 saturated carbocycles. The van der Waals surface area contributed by atoms with Crippen molar-refractivity contribution >= 4 is 7.85 Å². The molecule has 0 unspecified atom stereocenters. The first-order valence-corrected chi connectivity index (χ1v) is 4.04. The average Bonchev–Trinajstić information content (AvgIpc) is 2.42. The summed E-state index contributed by atoms with van der Waals surface area (Å²) in [6.45, 7) is 2.73. The molecule has 0 aromatic heterocycles. The lowest BCUT2D eigenvalue weighted by Gasteiger charge is -2.29. The predicted molar refractivity (Wildman–Crippen MR) is 41.4 cm³/mol. The van der Waals surface area contributed by atoms with Crippen LogP contribution < -0.4 is 5.32 Å². The van der Waals surface area contributed by atoms with Crippen LogP contribution >= 0.6 is 0 Å². The number of hydrogen-bond donors (Lipinski definition) is 2. The van der Waals surface area contributed by atoms with Crippen LogP contribution in [-0.2, 0) is 4.74 Å². The zero-order valence-electron chi connectivity index (χ0n) is 6.58. The number of fused-ring (bicyclic) bond motifs is 2. The van der Waals surface area contributed by atoms with Gasteiger partial charge in [-0.15, -0.1) is 0 Å². The summed E-state index contributed by atoms with van der Waals surface area (Å²) in [5, 5.41) is 12.8. The third kappa shape index (κ3) is 0.804. The molecule has 2 heterocycles. The Morgan fingerprint density at radius 3 is 2.82 bits per heavy atom. The molecule has 60 valence electrons. The van der Waals surface area contributed by atoms with E-state index in [4.69, 9.17) is 12.6 Å². The minimum Gasteiger partial charge on any atom is -0.388 e. The van der Waals surface area contributed by atoms with Crippen molar-refractivity contribution in [2.24, 2.45) is 0 Å². The second-order valence-electron chi connectivity index (χ2n) is 3.35. The lowest BCUT2D eigenvalue weighted by molar-refractivity contribution is -0.0618. The van der Waals surface area contributed by atoms with E-state index in [0.29, 0.717) is 0 Å². The van der Waals surface area contributed by atoms with Gasteiger partial charge in [-0.1, -0.05) is 6.92 Å². The molecule has 2 aliphatic heterocycles. The molecular weight excluding hydrogens is 141 g/mol. The lowest BCUT2D eigenvalue weighted by atomic mass is 9.90. The van der Waals surface area contributed by atoms with Crippen LogP contribution in [0.25, 0.3) is 0 Å². The Labute approximate surface area is 67.5 Å². The Balaban J connectivity index is 2.24. The van der Waals surface area contributed by atoms with Gasteiger partial charge in [-0.3, -0.25) is 0 Å². The van der Waals surface area contributed by atoms with Gasteiger partial charge in [0.15, 0.2) is 0 Å². The molecule has 2 fully saturated rings. The minimum atomic E-state index is -0.428. The molecule has 2 radical (unpaired) electrons. The Kier molecular flexibility index (Phi) is 1.53. The van der Waals surface area contributed by atoms with E-state index in [-0.39, 0.29) is 12.0 Å². The van der Waals surface area contributed by atoms with E-state index in [2.05, 4.69) is 5.32 Å². The molecular formula is C7H12BNO2. The number of aliphatic hydroxyl groups excluding tert-OH is 1. The van der Waals surface area contributed by atoms with Gasteiger partial charge in [0.05, 0.1) is 6.04 Å². The maximum Gasteiger partial charge on any atom is 0.111 e. The van der Waals surface area contributed by atoms with Gasteiger partial charge >= 0.3 is 0 Å². The van der Waals surface area contributed by atoms with Crippen molar-refractivity contribution in [3.63, 3.8) is 0 Å². The Morgan fingerprint density at radius 1 is 1.82 bits per heavy atom. The Bertz CT molecular complexity index is 178. The van der Waals surface area contributed by atoms with Gasteiger partial charge < -0.3 is 15.2 Å². The summed E-state index contributed by atoms with van der Waals surface area (Å²) in [5.74, 6) is 0. The van der Waals surface area contributed by atoms with Crippen LogP contribution in [-0.4, -0.2) is 43.2 Å². The Morgan fingerprint density at radius 2 is 2.55 bits per heavy atom. The average molecular weight is 153 g/mol. The molecule has 4 heteroatoms. The van der Waals surface area contributed by atoms with Crippen molar-refractivity contribution in [2.75, 3.05) is 6.54 Å². The monoisotopic (exact) mass is 153 g/mol. The molecule has 2 aliphatic rings. The summed E-state index contributed by atoms with van der Waals surface area (Å²) in [5.41, 5.74) is -0.399. The molecule has 0 aromatic carbocycles. The highest BCUT2D eigenvalue weighted by Gasteiger charge is 2.56. The van der Waals surface area contributed by atoms with Crippen LogP contribution in [0.4, 0.5) is 0 Å². The number of aliphatic hydroxyl groups is 1. The number of morpholine rings is 1. The first kappa shape index (κ1) is 7.59. The number of nitrogens with one attached hydrogen (secondary N) is 1. The van der Waals surface area contributed by atoms with Crippen LogP contribution in [0.15, 0.2) is 0 Å². The fraction of sp³-hybridized carbons (Fsp3) is 1.00. The van der Waals surface area contributed by atoms with Crippen molar-refractivity contribution in [2.45, 2.75) is 37.1 Å². The van der Waals surface area contributed by atoms with Crippen molar-refractivity contribution < 1.29 is 9.84 Å². The molecule has 0 amide bonds. The van der Waals surface area contributed by atoms with Crippen molar-refractivity contribution in [1.82, 2.24) is 5.32 Å². The highest BCUT2D eigenvalue weighted by molar-refractivity contribution is 6.12. The third-order valence-electron chi connectivity index (χ3n) is 2.84. The first-order chi connectivity index (χ1) is 5.19. The van der Waals surface area contributed by atoms with E-state index in [9.17, 15) is 5.11 Å². The van der Waals surface area contributed by atoms with Gasteiger partial charge in [0.25, 0.3) is 0 Å². The maximum atomic E-state index is 9.68. The predicted octanol–water partition coefficient (Wildman–Crippen LogP) is -1.01. The number of ether oxygens (including phenoxy) is 1. The smallest absolute Gasteiger partial charge is 0.111 e. The molecule has 0 aliphatic carbocycles. The molecule has 3 nitrogen and oxygen atoms in total. The third-order valence-corrected chi connectivity index (χ3v) is 2.84. The van der Waals surface area contributed by atoms with E-state index in [1.807, 2.05) is 6.92 Å². The number of hydrogen-bond acceptors (Lipinski definition) is 3. The zero-order valence-corrected chi connectivity index (χ0v) is 6.58. The van der Waals surface area contributed by atoms with Gasteiger partial charge in [0.1, 0.15) is 19.6 Å². The fourth-order valence-electron chi connectivity index (χ4n) is 2.00. The van der Waals surface area contributed by atoms with E-state index >= 15 is 0 Å². The molecule has 2 saturated heterocycles. The summed E-state index contributed by atoms with van der Waals surface area (Å²) in [4.78, 5) is 0. The summed E-state index contributed by atoms with van der Waals surface area (Å²) in [7, 11) is 5.63. The van der Waals surface area contributed by atoms with E-state index in [0.717, 1.165) is 13.0 Å². The van der Waals surface area contributed by atoms with Crippen LogP contribution in [0.3, 0.4) is 0 Å². The topological polar surface area (TPSA) is 41.5 Å². The molecule has 0 aromatic rings. The van der Waals surface area contributed by atoms with Crippen LogP contribution in [0, 0.1) is 0 Å². The molecule has 0 spiro atoms. The summed E-state index contributed by atoms with van der Waals surface area (Å²) < 4.78 is 5.47. The zero-order chi connectivity index (χ0) is 8.06. The number of rotatable bonds is 1. The molecule has 11 heavy (non-hydrogen) atoms. The van der Waals surface area contributed by atoms with Crippen LogP contribution in [0.2, 0.25) is 0 Å². The molecule has 2 rings (SSSR count). The summed E-state index contributed by atoms with van der Waals surface area (Å²) in [6, 6.07) is -0.395. The van der Waals surface area contributed by atoms with E-state index in [1.165, 1.54) is 0 Å². The van der Waals surface area contributed by atoms with Crippen molar-refractivity contribution in [3.8, 4) is 0 Å². The van der Waals surface area contributed by atoms with Gasteiger partial charge in [-0.2, -0.15) is 0 Å². The maximum absolute atomic E-state index is 9.68. The highest BCUT2D eigenvalue weighted by atomic mass is 16.5. The molecule has 4 atom stereocenters. The van der Waals surface area contributed by atoms with Gasteiger partial charge in [-0.05, 0) is 6.42 Å². The second-order valence-corrected chi connectivity index (χ2v) is 3.35. The normalized spacial score (nSPS) is 55.3. The fourth-order valence-corrected chi connectivity index (χ4v) is 2.00. The van der Waals surface area contributed by atoms with Crippen LogP contribution in [0.1, 0.15) is 13.3 Å². The summed E-state index contributed by atoms with van der Waals surface area (Å²) in [6.07, 6.45) is 0.383. The first-order valence-electron chi connectivity index (χ1n) is 4.04. The molecule has 2 N–H and O–H groups in total. The van der Waals surface area contributed by atoms with Crippen LogP contribution in [0.5, 0.6) is 0 Å². The standard InChI is InChI=1S/C7H12BNO2/c1-2-7-3-9-4(5(7)10)6(8)11-7/h4-6,9-10H,2-3H2,1H3/t4-,5+,6-,7+/m1/s1. The van der Waals surface area contributed by atoms with Gasteiger partial charge in [0.2, 0.25) is 0 Å². The lowest BCUT2D eigenvalue weighted by Crippen LogP contribution is -2.44. The van der Waals surface area contributed by atoms with Crippen molar-refractivity contribution in [3.05, 3.63) is 0 Å².